The molecule has 0 unspecified atom stereocenters. The van der Waals surface area contributed by atoms with Crippen molar-refractivity contribution in [2.75, 3.05) is 6.54 Å². The first kappa shape index (κ1) is 9.18. The van der Waals surface area contributed by atoms with Gasteiger partial charge in [0.1, 0.15) is 5.70 Å². The first-order valence-corrected chi connectivity index (χ1v) is 3.62. The summed E-state index contributed by atoms with van der Waals surface area (Å²) < 4.78 is 0. The lowest BCUT2D eigenvalue weighted by atomic mass is 10.4. The number of quaternary nitrogens is 1. The number of rotatable bonds is 5. The van der Waals surface area contributed by atoms with Crippen molar-refractivity contribution < 1.29 is 5.32 Å². The Morgan fingerprint density at radius 3 is 2.80 bits per heavy atom. The van der Waals surface area contributed by atoms with E-state index in [2.05, 4.69) is 25.4 Å². The Kier molecular flexibility index (Phi) is 5.79. The summed E-state index contributed by atoms with van der Waals surface area (Å²) >= 11 is 0. The van der Waals surface area contributed by atoms with E-state index in [1.807, 2.05) is 12.2 Å². The van der Waals surface area contributed by atoms with Gasteiger partial charge >= 0.3 is 0 Å². The SMILES string of the molecule is C=C/C=C\C(=C)[NH2+]CCC. The van der Waals surface area contributed by atoms with E-state index in [4.69, 9.17) is 0 Å². The van der Waals surface area contributed by atoms with Crippen molar-refractivity contribution in [1.82, 2.24) is 0 Å². The zero-order valence-corrected chi connectivity index (χ0v) is 6.64. The summed E-state index contributed by atoms with van der Waals surface area (Å²) in [5.74, 6) is 0. The van der Waals surface area contributed by atoms with Crippen molar-refractivity contribution in [2.45, 2.75) is 13.3 Å². The van der Waals surface area contributed by atoms with Gasteiger partial charge in [-0.05, 0) is 19.1 Å². The molecule has 0 spiro atoms. The highest BCUT2D eigenvalue weighted by atomic mass is 14.9. The fourth-order valence-electron chi connectivity index (χ4n) is 0.589. The molecular formula is C9H16N+. The number of hydrogen-bond acceptors (Lipinski definition) is 0. The fourth-order valence-corrected chi connectivity index (χ4v) is 0.589. The predicted molar refractivity (Wildman–Crippen MR) is 45.6 cm³/mol. The average Bonchev–Trinajstić information content (AvgIpc) is 1.97. The standard InChI is InChI=1S/C9H15N/c1-4-6-7-9(3)10-8-5-2/h4,6-7,10H,1,3,5,8H2,2H3/p+1/b7-6-. The topological polar surface area (TPSA) is 16.6 Å². The lowest BCUT2D eigenvalue weighted by Gasteiger charge is -1.94. The highest BCUT2D eigenvalue weighted by molar-refractivity contribution is 5.10. The van der Waals surface area contributed by atoms with E-state index < -0.39 is 0 Å². The van der Waals surface area contributed by atoms with E-state index in [0.29, 0.717) is 0 Å². The molecule has 0 heterocycles. The van der Waals surface area contributed by atoms with Crippen LogP contribution in [0.1, 0.15) is 13.3 Å². The van der Waals surface area contributed by atoms with Gasteiger partial charge in [0.25, 0.3) is 0 Å². The first-order valence-electron chi connectivity index (χ1n) is 3.62. The molecule has 0 saturated carbocycles. The molecule has 0 rings (SSSR count). The summed E-state index contributed by atoms with van der Waals surface area (Å²) in [6.45, 7) is 10.7. The van der Waals surface area contributed by atoms with Gasteiger partial charge in [0, 0.05) is 0 Å². The van der Waals surface area contributed by atoms with Crippen molar-refractivity contribution in [3.8, 4) is 0 Å². The minimum Gasteiger partial charge on any atom is -0.314 e. The Labute approximate surface area is 63.1 Å². The van der Waals surface area contributed by atoms with E-state index in [1.54, 1.807) is 6.08 Å². The van der Waals surface area contributed by atoms with Gasteiger partial charge in [-0.15, -0.1) is 0 Å². The zero-order valence-electron chi connectivity index (χ0n) is 6.64. The summed E-state index contributed by atoms with van der Waals surface area (Å²) in [7, 11) is 0. The van der Waals surface area contributed by atoms with E-state index >= 15 is 0 Å². The van der Waals surface area contributed by atoms with Crippen molar-refractivity contribution in [3.05, 3.63) is 37.1 Å². The summed E-state index contributed by atoms with van der Waals surface area (Å²) in [6.07, 6.45) is 6.79. The van der Waals surface area contributed by atoms with Crippen LogP contribution in [0.15, 0.2) is 37.1 Å². The minimum absolute atomic E-state index is 1.07. The molecule has 0 amide bonds. The maximum absolute atomic E-state index is 3.84. The van der Waals surface area contributed by atoms with Crippen LogP contribution in [0.2, 0.25) is 0 Å². The largest absolute Gasteiger partial charge is 0.314 e. The third-order valence-corrected chi connectivity index (χ3v) is 1.14. The number of allylic oxidation sites excluding steroid dienone is 3. The Bertz CT molecular complexity index is 134. The molecule has 1 heteroatoms. The maximum Gasteiger partial charge on any atom is 0.122 e. The first-order chi connectivity index (χ1) is 4.81. The highest BCUT2D eigenvalue weighted by Crippen LogP contribution is 1.79. The smallest absolute Gasteiger partial charge is 0.122 e. The van der Waals surface area contributed by atoms with Gasteiger partial charge in [-0.3, -0.25) is 0 Å². The van der Waals surface area contributed by atoms with Gasteiger partial charge < -0.3 is 5.32 Å². The Morgan fingerprint density at radius 2 is 2.30 bits per heavy atom. The Balaban J connectivity index is 3.43. The summed E-state index contributed by atoms with van der Waals surface area (Å²) in [5.41, 5.74) is 1.07. The van der Waals surface area contributed by atoms with Crippen molar-refractivity contribution in [2.24, 2.45) is 0 Å². The van der Waals surface area contributed by atoms with Crippen LogP contribution in [0.3, 0.4) is 0 Å². The Morgan fingerprint density at radius 1 is 1.60 bits per heavy atom. The number of nitrogens with two attached hydrogens (primary N) is 1. The molecule has 0 aromatic carbocycles. The number of hydrogen-bond donors (Lipinski definition) is 1. The monoisotopic (exact) mass is 138 g/mol. The summed E-state index contributed by atoms with van der Waals surface area (Å²) in [6, 6.07) is 0. The fraction of sp³-hybridized carbons (Fsp3) is 0.333. The second-order valence-electron chi connectivity index (χ2n) is 2.16. The van der Waals surface area contributed by atoms with Gasteiger partial charge in [-0.2, -0.15) is 0 Å². The molecule has 0 bridgehead atoms. The Hall–Kier alpha value is -0.820. The minimum atomic E-state index is 1.07. The molecule has 10 heavy (non-hydrogen) atoms. The second-order valence-corrected chi connectivity index (χ2v) is 2.16. The molecule has 0 atom stereocenters. The molecule has 0 aliphatic carbocycles. The van der Waals surface area contributed by atoms with Gasteiger partial charge in [0.2, 0.25) is 0 Å². The molecule has 2 N–H and O–H groups in total. The van der Waals surface area contributed by atoms with Crippen molar-refractivity contribution in [3.63, 3.8) is 0 Å². The van der Waals surface area contributed by atoms with Crippen LogP contribution in [-0.2, 0) is 0 Å². The zero-order chi connectivity index (χ0) is 7.82. The van der Waals surface area contributed by atoms with Crippen molar-refractivity contribution in [1.29, 1.82) is 0 Å². The van der Waals surface area contributed by atoms with Crippen LogP contribution in [0.25, 0.3) is 0 Å². The third-order valence-electron chi connectivity index (χ3n) is 1.14. The quantitative estimate of drug-likeness (QED) is 0.550. The van der Waals surface area contributed by atoms with Crippen LogP contribution in [0, 0.1) is 0 Å². The second kappa shape index (κ2) is 6.30. The molecule has 0 fully saturated rings. The molecule has 0 aromatic rings. The summed E-state index contributed by atoms with van der Waals surface area (Å²) in [4.78, 5) is 0. The molecule has 0 radical (unpaired) electrons. The van der Waals surface area contributed by atoms with Crippen LogP contribution >= 0.6 is 0 Å². The van der Waals surface area contributed by atoms with Crippen LogP contribution in [0.5, 0.6) is 0 Å². The lowest BCUT2D eigenvalue weighted by molar-refractivity contribution is -0.601. The van der Waals surface area contributed by atoms with E-state index in [9.17, 15) is 0 Å². The molecule has 0 aromatic heterocycles. The molecule has 0 saturated heterocycles. The van der Waals surface area contributed by atoms with Gasteiger partial charge in [0.15, 0.2) is 0 Å². The summed E-state index contributed by atoms with van der Waals surface area (Å²) in [5, 5.41) is 2.12. The van der Waals surface area contributed by atoms with Crippen molar-refractivity contribution >= 4 is 0 Å². The highest BCUT2D eigenvalue weighted by Gasteiger charge is 1.87. The molecule has 0 aliphatic heterocycles. The van der Waals surface area contributed by atoms with Gasteiger partial charge in [-0.25, -0.2) is 0 Å². The van der Waals surface area contributed by atoms with Gasteiger partial charge in [-0.1, -0.05) is 25.7 Å². The molecular weight excluding hydrogens is 122 g/mol. The molecule has 56 valence electrons. The van der Waals surface area contributed by atoms with E-state index in [1.165, 1.54) is 6.42 Å². The van der Waals surface area contributed by atoms with E-state index in [0.717, 1.165) is 12.2 Å². The normalized spacial score (nSPS) is 10.1. The van der Waals surface area contributed by atoms with Gasteiger partial charge in [0.05, 0.1) is 6.54 Å². The molecule has 0 aliphatic rings. The van der Waals surface area contributed by atoms with E-state index in [-0.39, 0.29) is 0 Å². The lowest BCUT2D eigenvalue weighted by Crippen LogP contribution is -2.81. The maximum atomic E-state index is 3.84. The predicted octanol–water partition coefficient (Wildman–Crippen LogP) is 1.22. The van der Waals surface area contributed by atoms with Crippen LogP contribution < -0.4 is 5.32 Å². The third kappa shape index (κ3) is 5.32. The van der Waals surface area contributed by atoms with Crippen LogP contribution in [-0.4, -0.2) is 6.54 Å². The molecule has 1 nitrogen and oxygen atoms in total. The van der Waals surface area contributed by atoms with Crippen LogP contribution in [0.4, 0.5) is 0 Å². The average molecular weight is 138 g/mol.